The molecule has 1 heterocycles. The fourth-order valence-corrected chi connectivity index (χ4v) is 2.46. The van der Waals surface area contributed by atoms with E-state index in [1.807, 2.05) is 6.92 Å². The maximum Gasteiger partial charge on any atom is 0.271 e. The Kier molecular flexibility index (Phi) is 5.12. The summed E-state index contributed by atoms with van der Waals surface area (Å²) in [5.41, 5.74) is 0.384. The molecule has 1 aromatic rings. The van der Waals surface area contributed by atoms with Crippen LogP contribution in [0.15, 0.2) is 12.4 Å². The summed E-state index contributed by atoms with van der Waals surface area (Å²) in [5, 5.41) is 6.02. The van der Waals surface area contributed by atoms with Gasteiger partial charge in [0.15, 0.2) is 0 Å². The van der Waals surface area contributed by atoms with Gasteiger partial charge in [0.2, 0.25) is 0 Å². The molecule has 1 amide bonds. The largest absolute Gasteiger partial charge is 0.369 e. The lowest BCUT2D eigenvalue weighted by Crippen LogP contribution is -2.31. The number of hydrogen-bond acceptors (Lipinski definition) is 4. The van der Waals surface area contributed by atoms with Crippen LogP contribution in [-0.4, -0.2) is 29.0 Å². The number of nitrogens with one attached hydrogen (secondary N) is 2. The van der Waals surface area contributed by atoms with Crippen LogP contribution in [0.4, 0.5) is 5.82 Å². The third-order valence-corrected chi connectivity index (χ3v) is 3.50. The van der Waals surface area contributed by atoms with E-state index in [0.717, 1.165) is 13.1 Å². The highest BCUT2D eigenvalue weighted by Crippen LogP contribution is 2.22. The maximum absolute atomic E-state index is 12.0. The summed E-state index contributed by atoms with van der Waals surface area (Å²) < 4.78 is 0. The van der Waals surface area contributed by atoms with Crippen LogP contribution >= 0.6 is 0 Å². The van der Waals surface area contributed by atoms with E-state index < -0.39 is 0 Å². The first-order valence-corrected chi connectivity index (χ1v) is 7.13. The summed E-state index contributed by atoms with van der Waals surface area (Å²) in [6.07, 6.45) is 9.50. The number of amides is 1. The fraction of sp³-hybridized carbons (Fsp3) is 0.643. The summed E-state index contributed by atoms with van der Waals surface area (Å²) in [6, 6.07) is 0. The summed E-state index contributed by atoms with van der Waals surface area (Å²) in [6.45, 7) is 3.51. The molecule has 5 heteroatoms. The van der Waals surface area contributed by atoms with E-state index in [1.54, 1.807) is 6.20 Å². The SMILES string of the molecule is CCNc1cncc(C(=O)NCC2CCCCC2)n1. The van der Waals surface area contributed by atoms with Gasteiger partial charge in [-0.3, -0.25) is 9.78 Å². The van der Waals surface area contributed by atoms with Gasteiger partial charge in [0.05, 0.1) is 12.4 Å². The number of rotatable bonds is 5. The molecule has 1 aliphatic carbocycles. The Morgan fingerprint density at radius 2 is 2.11 bits per heavy atom. The van der Waals surface area contributed by atoms with E-state index in [9.17, 15) is 4.79 Å². The molecule has 1 aliphatic rings. The molecule has 1 saturated carbocycles. The number of carbonyl (C=O) groups is 1. The van der Waals surface area contributed by atoms with Crippen LogP contribution in [-0.2, 0) is 0 Å². The van der Waals surface area contributed by atoms with E-state index in [4.69, 9.17) is 0 Å². The summed E-state index contributed by atoms with van der Waals surface area (Å²) in [7, 11) is 0. The molecule has 0 aromatic carbocycles. The minimum absolute atomic E-state index is 0.127. The van der Waals surface area contributed by atoms with Gasteiger partial charge in [0.25, 0.3) is 5.91 Å². The molecule has 1 fully saturated rings. The number of nitrogens with zero attached hydrogens (tertiary/aromatic N) is 2. The second-order valence-corrected chi connectivity index (χ2v) is 5.03. The first-order chi connectivity index (χ1) is 9.29. The van der Waals surface area contributed by atoms with Crippen LogP contribution in [0.5, 0.6) is 0 Å². The highest BCUT2D eigenvalue weighted by Gasteiger charge is 2.15. The van der Waals surface area contributed by atoms with Crippen LogP contribution in [0.3, 0.4) is 0 Å². The van der Waals surface area contributed by atoms with Crippen LogP contribution in [0.2, 0.25) is 0 Å². The average molecular weight is 262 g/mol. The second-order valence-electron chi connectivity index (χ2n) is 5.03. The zero-order valence-corrected chi connectivity index (χ0v) is 11.5. The van der Waals surface area contributed by atoms with Crippen molar-refractivity contribution in [3.8, 4) is 0 Å². The molecular weight excluding hydrogens is 240 g/mol. The maximum atomic E-state index is 12.0. The zero-order chi connectivity index (χ0) is 13.5. The zero-order valence-electron chi connectivity index (χ0n) is 11.5. The highest BCUT2D eigenvalue weighted by atomic mass is 16.1. The molecule has 104 valence electrons. The van der Waals surface area contributed by atoms with Gasteiger partial charge in [-0.25, -0.2) is 4.98 Å². The van der Waals surface area contributed by atoms with Crippen molar-refractivity contribution < 1.29 is 4.79 Å². The minimum Gasteiger partial charge on any atom is -0.369 e. The third kappa shape index (κ3) is 4.19. The van der Waals surface area contributed by atoms with E-state index in [1.165, 1.54) is 38.3 Å². The van der Waals surface area contributed by atoms with E-state index in [2.05, 4.69) is 20.6 Å². The lowest BCUT2D eigenvalue weighted by molar-refractivity contribution is 0.0938. The van der Waals surface area contributed by atoms with Crippen molar-refractivity contribution in [2.75, 3.05) is 18.4 Å². The Hall–Kier alpha value is -1.65. The molecule has 1 aromatic heterocycles. The van der Waals surface area contributed by atoms with Gasteiger partial charge in [-0.2, -0.15) is 0 Å². The van der Waals surface area contributed by atoms with Gasteiger partial charge in [-0.15, -0.1) is 0 Å². The Bertz CT molecular complexity index is 416. The molecule has 0 atom stereocenters. The van der Waals surface area contributed by atoms with Crippen LogP contribution in [0.1, 0.15) is 49.5 Å². The molecule has 0 bridgehead atoms. The van der Waals surface area contributed by atoms with Crippen molar-refractivity contribution in [1.82, 2.24) is 15.3 Å². The summed E-state index contributed by atoms with van der Waals surface area (Å²) in [5.74, 6) is 1.15. The van der Waals surface area contributed by atoms with Gasteiger partial charge in [-0.05, 0) is 25.7 Å². The van der Waals surface area contributed by atoms with Crippen LogP contribution < -0.4 is 10.6 Å². The quantitative estimate of drug-likeness (QED) is 0.854. The van der Waals surface area contributed by atoms with Crippen LogP contribution in [0, 0.1) is 5.92 Å². The number of anilines is 1. The lowest BCUT2D eigenvalue weighted by atomic mass is 9.89. The molecule has 0 radical (unpaired) electrons. The Labute approximate surface area is 114 Å². The second kappa shape index (κ2) is 7.07. The summed E-state index contributed by atoms with van der Waals surface area (Å²) in [4.78, 5) is 20.3. The van der Waals surface area contributed by atoms with Gasteiger partial charge >= 0.3 is 0 Å². The van der Waals surface area contributed by atoms with Gasteiger partial charge in [-0.1, -0.05) is 19.3 Å². The van der Waals surface area contributed by atoms with Crippen molar-refractivity contribution in [2.24, 2.45) is 5.92 Å². The predicted molar refractivity (Wildman–Crippen MR) is 75.1 cm³/mol. The Morgan fingerprint density at radius 1 is 1.32 bits per heavy atom. The molecule has 19 heavy (non-hydrogen) atoms. The molecular formula is C14H22N4O. The molecule has 0 saturated heterocycles. The Balaban J connectivity index is 1.86. The monoisotopic (exact) mass is 262 g/mol. The number of hydrogen-bond donors (Lipinski definition) is 2. The van der Waals surface area contributed by atoms with Gasteiger partial charge < -0.3 is 10.6 Å². The van der Waals surface area contributed by atoms with Crippen molar-refractivity contribution in [3.05, 3.63) is 18.1 Å². The molecule has 0 unspecified atom stereocenters. The van der Waals surface area contributed by atoms with Crippen molar-refractivity contribution in [2.45, 2.75) is 39.0 Å². The van der Waals surface area contributed by atoms with Crippen molar-refractivity contribution in [1.29, 1.82) is 0 Å². The highest BCUT2D eigenvalue weighted by molar-refractivity contribution is 5.92. The Morgan fingerprint density at radius 3 is 2.84 bits per heavy atom. The third-order valence-electron chi connectivity index (χ3n) is 3.50. The molecule has 2 rings (SSSR count). The lowest BCUT2D eigenvalue weighted by Gasteiger charge is -2.21. The van der Waals surface area contributed by atoms with E-state index in [0.29, 0.717) is 17.4 Å². The van der Waals surface area contributed by atoms with Gasteiger partial charge in [0.1, 0.15) is 11.5 Å². The molecule has 0 spiro atoms. The van der Waals surface area contributed by atoms with Crippen LogP contribution in [0.25, 0.3) is 0 Å². The first kappa shape index (κ1) is 13.8. The molecule has 0 aliphatic heterocycles. The average Bonchev–Trinajstić information content (AvgIpc) is 2.46. The smallest absolute Gasteiger partial charge is 0.271 e. The van der Waals surface area contributed by atoms with Crippen molar-refractivity contribution in [3.63, 3.8) is 0 Å². The van der Waals surface area contributed by atoms with Crippen molar-refractivity contribution >= 4 is 11.7 Å². The van der Waals surface area contributed by atoms with Gasteiger partial charge in [0, 0.05) is 13.1 Å². The molecule has 2 N–H and O–H groups in total. The predicted octanol–water partition coefficient (Wildman–Crippen LogP) is 2.22. The first-order valence-electron chi connectivity index (χ1n) is 7.13. The topological polar surface area (TPSA) is 66.9 Å². The summed E-state index contributed by atoms with van der Waals surface area (Å²) >= 11 is 0. The normalized spacial score (nSPS) is 16.1. The van der Waals surface area contributed by atoms with E-state index >= 15 is 0 Å². The standard InChI is InChI=1S/C14H22N4O/c1-2-16-13-10-15-9-12(18-13)14(19)17-8-11-6-4-3-5-7-11/h9-11H,2-8H2,1H3,(H,16,18)(H,17,19). The molecule has 5 nitrogen and oxygen atoms in total. The fourth-order valence-electron chi connectivity index (χ4n) is 2.46. The number of aromatic nitrogens is 2. The number of carbonyl (C=O) groups excluding carboxylic acids is 1. The van der Waals surface area contributed by atoms with E-state index in [-0.39, 0.29) is 5.91 Å². The minimum atomic E-state index is -0.127.